The van der Waals surface area contributed by atoms with Gasteiger partial charge in [0.05, 0.1) is 6.10 Å². The van der Waals surface area contributed by atoms with Crippen LogP contribution in [0.25, 0.3) is 0 Å². The average molecular weight is 370 g/mol. The summed E-state index contributed by atoms with van der Waals surface area (Å²) in [6.07, 6.45) is 24.1. The highest BCUT2D eigenvalue weighted by atomic mass is 16.3. The van der Waals surface area contributed by atoms with E-state index in [0.29, 0.717) is 0 Å². The van der Waals surface area contributed by atoms with Crippen LogP contribution in [-0.2, 0) is 0 Å². The molecule has 0 heterocycles. The molecule has 2 nitrogen and oxygen atoms in total. The monoisotopic (exact) mass is 369 g/mol. The molecule has 26 heavy (non-hydrogen) atoms. The number of hydrogen-bond acceptors (Lipinski definition) is 2. The molecule has 0 saturated heterocycles. The van der Waals surface area contributed by atoms with Gasteiger partial charge in [-0.2, -0.15) is 0 Å². The van der Waals surface area contributed by atoms with Crippen molar-refractivity contribution in [3.63, 3.8) is 0 Å². The second-order valence-electron chi connectivity index (χ2n) is 8.51. The van der Waals surface area contributed by atoms with Crippen LogP contribution in [0.4, 0.5) is 0 Å². The average Bonchev–Trinajstić information content (AvgIpc) is 2.62. The number of hydrogen-bond donors (Lipinski definition) is 1. The van der Waals surface area contributed by atoms with Gasteiger partial charge in [-0.15, -0.1) is 0 Å². The fraction of sp³-hybridized carbons (Fsp3) is 1.00. The molecule has 1 N–H and O–H groups in total. The van der Waals surface area contributed by atoms with Gasteiger partial charge < -0.3 is 10.0 Å². The van der Waals surface area contributed by atoms with Crippen molar-refractivity contribution < 1.29 is 5.11 Å². The van der Waals surface area contributed by atoms with Crippen LogP contribution in [-0.4, -0.2) is 36.2 Å². The van der Waals surface area contributed by atoms with E-state index in [1.165, 1.54) is 109 Å². The van der Waals surface area contributed by atoms with Crippen molar-refractivity contribution in [2.24, 2.45) is 0 Å². The Morgan fingerprint density at radius 3 is 1.42 bits per heavy atom. The molecule has 0 aromatic carbocycles. The molecule has 0 aliphatic rings. The molecule has 1 unspecified atom stereocenters. The molecular weight excluding hydrogens is 318 g/mol. The summed E-state index contributed by atoms with van der Waals surface area (Å²) in [4.78, 5) is 2.33. The molecule has 0 radical (unpaired) electrons. The van der Waals surface area contributed by atoms with Gasteiger partial charge in [-0.3, -0.25) is 0 Å². The van der Waals surface area contributed by atoms with Crippen molar-refractivity contribution in [1.29, 1.82) is 0 Å². The first-order chi connectivity index (χ1) is 12.7. The zero-order valence-corrected chi connectivity index (χ0v) is 18.6. The summed E-state index contributed by atoms with van der Waals surface area (Å²) >= 11 is 0. The zero-order valence-electron chi connectivity index (χ0n) is 18.6. The molecule has 0 aliphatic carbocycles. The van der Waals surface area contributed by atoms with E-state index >= 15 is 0 Å². The highest BCUT2D eigenvalue weighted by molar-refractivity contribution is 4.62. The summed E-state index contributed by atoms with van der Waals surface area (Å²) in [5.41, 5.74) is 0. The van der Waals surface area contributed by atoms with Crippen LogP contribution in [0.1, 0.15) is 129 Å². The van der Waals surface area contributed by atoms with E-state index in [4.69, 9.17) is 0 Å². The van der Waals surface area contributed by atoms with Crippen LogP contribution in [0.3, 0.4) is 0 Å². The minimum Gasteiger partial charge on any atom is -0.392 e. The lowest BCUT2D eigenvalue weighted by Gasteiger charge is -2.20. The van der Waals surface area contributed by atoms with E-state index in [9.17, 15) is 5.11 Å². The van der Waals surface area contributed by atoms with Crippen molar-refractivity contribution in [3.8, 4) is 0 Å². The summed E-state index contributed by atoms with van der Waals surface area (Å²) in [5.74, 6) is 0. The fourth-order valence-electron chi connectivity index (χ4n) is 3.75. The fourth-order valence-corrected chi connectivity index (χ4v) is 3.75. The van der Waals surface area contributed by atoms with Crippen LogP contribution in [0.2, 0.25) is 0 Å². The highest BCUT2D eigenvalue weighted by Crippen LogP contribution is 2.12. The molecule has 0 aromatic rings. The van der Waals surface area contributed by atoms with Gasteiger partial charge in [-0.05, 0) is 26.4 Å². The zero-order chi connectivity index (χ0) is 19.3. The van der Waals surface area contributed by atoms with Gasteiger partial charge in [0.25, 0.3) is 0 Å². The largest absolute Gasteiger partial charge is 0.392 e. The topological polar surface area (TPSA) is 23.5 Å². The summed E-state index contributed by atoms with van der Waals surface area (Å²) in [6, 6.07) is 0. The molecule has 0 aliphatic heterocycles. The molecule has 0 saturated carbocycles. The molecule has 158 valence electrons. The maximum atomic E-state index is 10.2. The molecule has 1 atom stereocenters. The summed E-state index contributed by atoms with van der Waals surface area (Å²) in [7, 11) is 2.17. The molecular formula is C24H51NO. The van der Waals surface area contributed by atoms with E-state index in [1.807, 2.05) is 0 Å². The maximum Gasteiger partial charge on any atom is 0.0667 e. The number of unbranched alkanes of at least 4 members (excludes halogenated alkanes) is 15. The van der Waals surface area contributed by atoms with Crippen LogP contribution in [0.15, 0.2) is 0 Å². The molecule has 2 heteroatoms. The van der Waals surface area contributed by atoms with Gasteiger partial charge in [-0.1, -0.05) is 117 Å². The second kappa shape index (κ2) is 21.2. The number of aliphatic hydroxyl groups excluding tert-OH is 1. The minimum absolute atomic E-state index is 0.126. The Bertz CT molecular complexity index is 257. The quantitative estimate of drug-likeness (QED) is 0.214. The van der Waals surface area contributed by atoms with Crippen LogP contribution < -0.4 is 0 Å². The smallest absolute Gasteiger partial charge is 0.0667 e. The number of nitrogens with zero attached hydrogens (tertiary/aromatic N) is 1. The van der Waals surface area contributed by atoms with Gasteiger partial charge in [0.15, 0.2) is 0 Å². The highest BCUT2D eigenvalue weighted by Gasteiger charge is 2.07. The lowest BCUT2D eigenvalue weighted by atomic mass is 10.1. The van der Waals surface area contributed by atoms with E-state index in [2.05, 4.69) is 25.8 Å². The SMILES string of the molecule is CCCCCCCCCCCCN(C)CC(O)CCCCCCCCC. The number of rotatable bonds is 21. The molecule has 0 aromatic heterocycles. The van der Waals surface area contributed by atoms with Gasteiger partial charge in [0.2, 0.25) is 0 Å². The lowest BCUT2D eigenvalue weighted by molar-refractivity contribution is 0.114. The molecule has 0 rings (SSSR count). The lowest BCUT2D eigenvalue weighted by Crippen LogP contribution is -2.29. The first-order valence-corrected chi connectivity index (χ1v) is 12.1. The third-order valence-electron chi connectivity index (χ3n) is 5.56. The Labute approximate surface area is 166 Å². The van der Waals surface area contributed by atoms with Crippen molar-refractivity contribution in [2.45, 2.75) is 136 Å². The van der Waals surface area contributed by atoms with Crippen molar-refractivity contribution in [1.82, 2.24) is 4.90 Å². The Hall–Kier alpha value is -0.0800. The Balaban J connectivity index is 3.30. The van der Waals surface area contributed by atoms with E-state index in [1.54, 1.807) is 0 Å². The Morgan fingerprint density at radius 1 is 0.577 bits per heavy atom. The predicted octanol–water partition coefficient (Wildman–Crippen LogP) is 7.34. The standard InChI is InChI=1S/C24H51NO/c1-4-6-8-10-12-13-14-16-18-20-22-25(3)23-24(26)21-19-17-15-11-9-7-5-2/h24,26H,4-23H2,1-3H3. The second-order valence-corrected chi connectivity index (χ2v) is 8.51. The van der Waals surface area contributed by atoms with Gasteiger partial charge >= 0.3 is 0 Å². The number of likely N-dealkylation sites (N-methyl/N-ethyl adjacent to an activating group) is 1. The third-order valence-corrected chi connectivity index (χ3v) is 5.56. The maximum absolute atomic E-state index is 10.2. The number of aliphatic hydroxyl groups is 1. The Morgan fingerprint density at radius 2 is 0.962 bits per heavy atom. The summed E-state index contributed by atoms with van der Waals surface area (Å²) in [5, 5.41) is 10.2. The third kappa shape index (κ3) is 20.2. The normalized spacial score (nSPS) is 12.8. The molecule has 0 fully saturated rings. The van der Waals surface area contributed by atoms with E-state index in [-0.39, 0.29) is 6.10 Å². The minimum atomic E-state index is -0.126. The summed E-state index contributed by atoms with van der Waals surface area (Å²) in [6.45, 7) is 6.55. The van der Waals surface area contributed by atoms with Gasteiger partial charge in [0, 0.05) is 6.54 Å². The van der Waals surface area contributed by atoms with Crippen molar-refractivity contribution >= 4 is 0 Å². The summed E-state index contributed by atoms with van der Waals surface area (Å²) < 4.78 is 0. The van der Waals surface area contributed by atoms with Gasteiger partial charge in [0.1, 0.15) is 0 Å². The van der Waals surface area contributed by atoms with E-state index in [0.717, 1.165) is 19.5 Å². The molecule has 0 spiro atoms. The van der Waals surface area contributed by atoms with Crippen LogP contribution in [0.5, 0.6) is 0 Å². The van der Waals surface area contributed by atoms with E-state index < -0.39 is 0 Å². The predicted molar refractivity (Wildman–Crippen MR) is 118 cm³/mol. The van der Waals surface area contributed by atoms with Gasteiger partial charge in [-0.25, -0.2) is 0 Å². The van der Waals surface area contributed by atoms with Crippen molar-refractivity contribution in [2.75, 3.05) is 20.1 Å². The van der Waals surface area contributed by atoms with Crippen molar-refractivity contribution in [3.05, 3.63) is 0 Å². The van der Waals surface area contributed by atoms with Crippen LogP contribution in [0, 0.1) is 0 Å². The molecule has 0 amide bonds. The Kier molecular flexibility index (Phi) is 21.2. The van der Waals surface area contributed by atoms with Crippen LogP contribution >= 0.6 is 0 Å². The first-order valence-electron chi connectivity index (χ1n) is 12.1. The first kappa shape index (κ1) is 25.9. The molecule has 0 bridgehead atoms.